The lowest BCUT2D eigenvalue weighted by Crippen LogP contribution is -2.18. The number of benzene rings is 2. The first-order valence-corrected chi connectivity index (χ1v) is 8.65. The van der Waals surface area contributed by atoms with Crippen molar-refractivity contribution in [1.82, 2.24) is 9.88 Å². The molecule has 1 saturated heterocycles. The quantitative estimate of drug-likeness (QED) is 0.644. The SMILES string of the molecule is Fc1cccc(-c2cnc3cc(C#CCN4CCCC4)ccc3c2)c1. The smallest absolute Gasteiger partial charge is 0.123 e. The van der Waals surface area contributed by atoms with E-state index in [1.54, 1.807) is 12.3 Å². The predicted octanol–water partition coefficient (Wildman–Crippen LogP) is 4.49. The molecule has 2 heterocycles. The first-order chi connectivity index (χ1) is 12.3. The maximum atomic E-state index is 13.4. The Kier molecular flexibility index (Phi) is 4.45. The second-order valence-electron chi connectivity index (χ2n) is 6.43. The summed E-state index contributed by atoms with van der Waals surface area (Å²) < 4.78 is 13.4. The molecule has 0 saturated carbocycles. The third-order valence-electron chi connectivity index (χ3n) is 4.58. The first kappa shape index (κ1) is 15.8. The summed E-state index contributed by atoms with van der Waals surface area (Å²) >= 11 is 0. The zero-order chi connectivity index (χ0) is 17.1. The lowest BCUT2D eigenvalue weighted by Gasteiger charge is -2.08. The van der Waals surface area contributed by atoms with Gasteiger partial charge < -0.3 is 0 Å². The summed E-state index contributed by atoms with van der Waals surface area (Å²) in [5.74, 6) is 6.26. The van der Waals surface area contributed by atoms with Crippen LogP contribution in [0, 0.1) is 17.7 Å². The molecule has 1 fully saturated rings. The number of rotatable bonds is 2. The van der Waals surface area contributed by atoms with E-state index in [2.05, 4.69) is 21.7 Å². The highest BCUT2D eigenvalue weighted by Crippen LogP contribution is 2.23. The highest BCUT2D eigenvalue weighted by atomic mass is 19.1. The second kappa shape index (κ2) is 7.04. The standard InChI is InChI=1S/C22H19FN2/c23-21-7-3-6-18(15-21)20-14-19-9-8-17(13-22(19)24-16-20)5-4-12-25-10-1-2-11-25/h3,6-9,13-16H,1-2,10-12H2. The molecule has 2 nitrogen and oxygen atoms in total. The van der Waals surface area contributed by atoms with E-state index in [0.717, 1.165) is 47.2 Å². The monoisotopic (exact) mass is 330 g/mol. The maximum Gasteiger partial charge on any atom is 0.123 e. The van der Waals surface area contributed by atoms with Gasteiger partial charge in [0.15, 0.2) is 0 Å². The van der Waals surface area contributed by atoms with Crippen molar-refractivity contribution in [2.75, 3.05) is 19.6 Å². The summed E-state index contributed by atoms with van der Waals surface area (Å²) in [6, 6.07) is 14.7. The summed E-state index contributed by atoms with van der Waals surface area (Å²) in [4.78, 5) is 6.92. The van der Waals surface area contributed by atoms with Crippen LogP contribution in [0.5, 0.6) is 0 Å². The zero-order valence-electron chi connectivity index (χ0n) is 14.0. The summed E-state index contributed by atoms with van der Waals surface area (Å²) in [7, 11) is 0. The van der Waals surface area contributed by atoms with E-state index in [1.807, 2.05) is 30.3 Å². The maximum absolute atomic E-state index is 13.4. The van der Waals surface area contributed by atoms with Crippen LogP contribution in [0.1, 0.15) is 18.4 Å². The molecular weight excluding hydrogens is 311 g/mol. The lowest BCUT2D eigenvalue weighted by atomic mass is 10.0. The molecule has 0 spiro atoms. The van der Waals surface area contributed by atoms with E-state index in [-0.39, 0.29) is 5.82 Å². The van der Waals surface area contributed by atoms with Crippen molar-refractivity contribution in [3.05, 3.63) is 66.1 Å². The minimum absolute atomic E-state index is 0.235. The molecule has 25 heavy (non-hydrogen) atoms. The van der Waals surface area contributed by atoms with Gasteiger partial charge in [0.05, 0.1) is 12.1 Å². The summed E-state index contributed by atoms with van der Waals surface area (Å²) in [5, 5.41) is 1.03. The van der Waals surface area contributed by atoms with E-state index < -0.39 is 0 Å². The average Bonchev–Trinajstić information content (AvgIpc) is 3.15. The summed E-state index contributed by atoms with van der Waals surface area (Å²) in [6.07, 6.45) is 4.36. The van der Waals surface area contributed by atoms with E-state index in [4.69, 9.17) is 0 Å². The Bertz CT molecular complexity index is 962. The van der Waals surface area contributed by atoms with Crippen LogP contribution in [0.4, 0.5) is 4.39 Å². The normalized spacial score (nSPS) is 14.4. The molecule has 0 bridgehead atoms. The van der Waals surface area contributed by atoms with Crippen molar-refractivity contribution in [2.45, 2.75) is 12.8 Å². The fourth-order valence-electron chi connectivity index (χ4n) is 3.22. The van der Waals surface area contributed by atoms with Gasteiger partial charge in [-0.2, -0.15) is 0 Å². The van der Waals surface area contributed by atoms with E-state index >= 15 is 0 Å². The fourth-order valence-corrected chi connectivity index (χ4v) is 3.22. The molecule has 0 radical (unpaired) electrons. The number of hydrogen-bond acceptors (Lipinski definition) is 2. The van der Waals surface area contributed by atoms with Crippen molar-refractivity contribution in [3.63, 3.8) is 0 Å². The van der Waals surface area contributed by atoms with Gasteiger partial charge in [0.2, 0.25) is 0 Å². The van der Waals surface area contributed by atoms with Gasteiger partial charge in [-0.15, -0.1) is 0 Å². The number of fused-ring (bicyclic) bond motifs is 1. The number of nitrogens with zero attached hydrogens (tertiary/aromatic N) is 2. The molecule has 0 aliphatic carbocycles. The molecule has 3 aromatic rings. The van der Waals surface area contributed by atoms with Crippen molar-refractivity contribution in [3.8, 4) is 23.0 Å². The molecule has 3 heteroatoms. The van der Waals surface area contributed by atoms with Crippen molar-refractivity contribution in [2.24, 2.45) is 0 Å². The number of likely N-dealkylation sites (tertiary alicyclic amines) is 1. The predicted molar refractivity (Wildman–Crippen MR) is 99.7 cm³/mol. The third kappa shape index (κ3) is 3.70. The van der Waals surface area contributed by atoms with Gasteiger partial charge in [0.1, 0.15) is 5.82 Å². The average molecular weight is 330 g/mol. The van der Waals surface area contributed by atoms with Crippen LogP contribution in [-0.2, 0) is 0 Å². The molecule has 1 aromatic heterocycles. The van der Waals surface area contributed by atoms with Crippen molar-refractivity contribution >= 4 is 10.9 Å². The van der Waals surface area contributed by atoms with Crippen LogP contribution in [-0.4, -0.2) is 29.5 Å². The molecule has 0 N–H and O–H groups in total. The highest BCUT2D eigenvalue weighted by Gasteiger charge is 2.08. The molecular formula is C22H19FN2. The molecule has 124 valence electrons. The molecule has 1 aliphatic heterocycles. The molecule has 4 rings (SSSR count). The van der Waals surface area contributed by atoms with Crippen molar-refractivity contribution in [1.29, 1.82) is 0 Å². The summed E-state index contributed by atoms with van der Waals surface area (Å²) in [5.41, 5.74) is 3.65. The van der Waals surface area contributed by atoms with Crippen LogP contribution in [0.25, 0.3) is 22.0 Å². The van der Waals surface area contributed by atoms with Gasteiger partial charge in [-0.25, -0.2) is 4.39 Å². The minimum Gasteiger partial charge on any atom is -0.292 e. The minimum atomic E-state index is -0.235. The molecule has 1 aliphatic rings. The molecule has 0 unspecified atom stereocenters. The van der Waals surface area contributed by atoms with Gasteiger partial charge in [0, 0.05) is 22.7 Å². The van der Waals surface area contributed by atoms with Crippen LogP contribution < -0.4 is 0 Å². The largest absolute Gasteiger partial charge is 0.292 e. The number of halogens is 1. The Balaban J connectivity index is 1.57. The third-order valence-corrected chi connectivity index (χ3v) is 4.58. The Morgan fingerprint density at radius 1 is 1.00 bits per heavy atom. The Hall–Kier alpha value is -2.70. The van der Waals surface area contributed by atoms with Crippen LogP contribution in [0.15, 0.2) is 54.7 Å². The number of hydrogen-bond donors (Lipinski definition) is 0. The Morgan fingerprint density at radius 2 is 1.88 bits per heavy atom. The number of pyridine rings is 1. The molecule has 2 aromatic carbocycles. The number of aromatic nitrogens is 1. The van der Waals surface area contributed by atoms with Crippen LogP contribution in [0.3, 0.4) is 0 Å². The first-order valence-electron chi connectivity index (χ1n) is 8.65. The van der Waals surface area contributed by atoms with Gasteiger partial charge in [0.25, 0.3) is 0 Å². The molecule has 0 amide bonds. The van der Waals surface area contributed by atoms with Gasteiger partial charge >= 0.3 is 0 Å². The van der Waals surface area contributed by atoms with Gasteiger partial charge in [-0.1, -0.05) is 30.0 Å². The fraction of sp³-hybridized carbons (Fsp3) is 0.227. The van der Waals surface area contributed by atoms with Gasteiger partial charge in [-0.05, 0) is 61.8 Å². The highest BCUT2D eigenvalue weighted by molar-refractivity contribution is 5.84. The van der Waals surface area contributed by atoms with Crippen LogP contribution >= 0.6 is 0 Å². The van der Waals surface area contributed by atoms with Gasteiger partial charge in [-0.3, -0.25) is 9.88 Å². The zero-order valence-corrected chi connectivity index (χ0v) is 14.0. The van der Waals surface area contributed by atoms with Crippen LogP contribution in [0.2, 0.25) is 0 Å². The Morgan fingerprint density at radius 3 is 2.72 bits per heavy atom. The summed E-state index contributed by atoms with van der Waals surface area (Å²) in [6.45, 7) is 3.16. The van der Waals surface area contributed by atoms with E-state index in [1.165, 1.54) is 25.0 Å². The topological polar surface area (TPSA) is 16.1 Å². The lowest BCUT2D eigenvalue weighted by molar-refractivity contribution is 0.383. The van der Waals surface area contributed by atoms with E-state index in [0.29, 0.717) is 0 Å². The molecule has 0 atom stereocenters. The van der Waals surface area contributed by atoms with Crippen molar-refractivity contribution < 1.29 is 4.39 Å². The van der Waals surface area contributed by atoms with E-state index in [9.17, 15) is 4.39 Å². The second-order valence-corrected chi connectivity index (χ2v) is 6.43. The Labute approximate surface area is 147 Å².